The number of amides is 2. The first-order valence-corrected chi connectivity index (χ1v) is 9.57. The summed E-state index contributed by atoms with van der Waals surface area (Å²) in [4.78, 5) is 12.1. The van der Waals surface area contributed by atoms with Crippen LogP contribution in [0.2, 0.25) is 0 Å². The minimum Gasteiger partial charge on any atom is -0.374 e. The maximum absolute atomic E-state index is 12.1. The van der Waals surface area contributed by atoms with Gasteiger partial charge in [-0.2, -0.15) is 11.8 Å². The van der Waals surface area contributed by atoms with Gasteiger partial charge in [0.2, 0.25) is 0 Å². The molecule has 2 saturated heterocycles. The van der Waals surface area contributed by atoms with Crippen molar-refractivity contribution in [3.63, 3.8) is 0 Å². The molecule has 120 valence electrons. The number of ether oxygens (including phenoxy) is 1. The highest BCUT2D eigenvalue weighted by molar-refractivity contribution is 7.99. The summed E-state index contributed by atoms with van der Waals surface area (Å²) in [5, 5.41) is 6.28. The van der Waals surface area contributed by atoms with Crippen molar-refractivity contribution >= 4 is 17.8 Å². The van der Waals surface area contributed by atoms with E-state index in [1.165, 1.54) is 31.4 Å². The SMILES string of the molecule is CCC1(CNC(=O)N[C@@H]2CCO[C@]3(CCSC3)C2)CCC1. The topological polar surface area (TPSA) is 50.4 Å². The molecule has 1 spiro atoms. The number of rotatable bonds is 4. The molecule has 2 heterocycles. The van der Waals surface area contributed by atoms with E-state index in [2.05, 4.69) is 17.6 Å². The minimum atomic E-state index is 0.0161. The second-order valence-corrected chi connectivity index (χ2v) is 8.16. The number of hydrogen-bond donors (Lipinski definition) is 2. The second-order valence-electron chi connectivity index (χ2n) is 7.06. The van der Waals surface area contributed by atoms with Crippen molar-refractivity contribution in [1.29, 1.82) is 0 Å². The lowest BCUT2D eigenvalue weighted by Crippen LogP contribution is -2.52. The quantitative estimate of drug-likeness (QED) is 0.839. The van der Waals surface area contributed by atoms with Crippen LogP contribution in [-0.2, 0) is 4.74 Å². The molecule has 2 amide bonds. The Balaban J connectivity index is 1.44. The van der Waals surface area contributed by atoms with Gasteiger partial charge in [-0.25, -0.2) is 4.79 Å². The number of carbonyl (C=O) groups is 1. The molecule has 0 bridgehead atoms. The number of thioether (sulfide) groups is 1. The van der Waals surface area contributed by atoms with Crippen LogP contribution in [0.4, 0.5) is 4.79 Å². The molecular weight excluding hydrogens is 284 g/mol. The molecule has 5 heteroatoms. The predicted molar refractivity (Wildman–Crippen MR) is 86.8 cm³/mol. The summed E-state index contributed by atoms with van der Waals surface area (Å²) in [6.45, 7) is 3.85. The van der Waals surface area contributed by atoms with Crippen LogP contribution in [-0.4, -0.2) is 42.3 Å². The third-order valence-electron chi connectivity index (χ3n) is 5.68. The van der Waals surface area contributed by atoms with Crippen LogP contribution in [0.25, 0.3) is 0 Å². The summed E-state index contributed by atoms with van der Waals surface area (Å²) >= 11 is 1.97. The molecule has 3 aliphatic rings. The molecule has 2 atom stereocenters. The lowest BCUT2D eigenvalue weighted by atomic mass is 9.67. The van der Waals surface area contributed by atoms with Crippen LogP contribution < -0.4 is 10.6 Å². The Kier molecular flexibility index (Phi) is 4.69. The van der Waals surface area contributed by atoms with Crippen molar-refractivity contribution in [2.24, 2.45) is 5.41 Å². The summed E-state index contributed by atoms with van der Waals surface area (Å²) in [7, 11) is 0. The van der Waals surface area contributed by atoms with Crippen LogP contribution in [0.3, 0.4) is 0 Å². The average Bonchev–Trinajstić information content (AvgIpc) is 2.86. The Morgan fingerprint density at radius 2 is 2.24 bits per heavy atom. The number of hydrogen-bond acceptors (Lipinski definition) is 3. The van der Waals surface area contributed by atoms with E-state index >= 15 is 0 Å². The van der Waals surface area contributed by atoms with Crippen molar-refractivity contribution in [2.75, 3.05) is 24.7 Å². The Labute approximate surface area is 132 Å². The van der Waals surface area contributed by atoms with E-state index in [9.17, 15) is 4.79 Å². The lowest BCUT2D eigenvalue weighted by molar-refractivity contribution is -0.0684. The molecule has 3 rings (SSSR count). The Hall–Kier alpha value is -0.420. The van der Waals surface area contributed by atoms with Crippen molar-refractivity contribution in [1.82, 2.24) is 10.6 Å². The van der Waals surface area contributed by atoms with Crippen molar-refractivity contribution in [3.05, 3.63) is 0 Å². The van der Waals surface area contributed by atoms with Crippen molar-refractivity contribution < 1.29 is 9.53 Å². The van der Waals surface area contributed by atoms with Crippen molar-refractivity contribution in [3.8, 4) is 0 Å². The van der Waals surface area contributed by atoms with Gasteiger partial charge in [0.05, 0.1) is 5.60 Å². The van der Waals surface area contributed by atoms with E-state index in [4.69, 9.17) is 4.74 Å². The monoisotopic (exact) mass is 312 g/mol. The molecule has 0 aromatic rings. The summed E-state index contributed by atoms with van der Waals surface area (Å²) < 4.78 is 6.00. The van der Waals surface area contributed by atoms with Gasteiger partial charge in [-0.05, 0) is 49.7 Å². The number of urea groups is 1. The van der Waals surface area contributed by atoms with Gasteiger partial charge in [0.15, 0.2) is 0 Å². The molecule has 0 aromatic heterocycles. The first-order valence-electron chi connectivity index (χ1n) is 8.41. The first-order chi connectivity index (χ1) is 10.2. The van der Waals surface area contributed by atoms with Crippen molar-refractivity contribution in [2.45, 2.75) is 63.5 Å². The number of carbonyl (C=O) groups excluding carboxylic acids is 1. The molecule has 21 heavy (non-hydrogen) atoms. The molecule has 1 saturated carbocycles. The van der Waals surface area contributed by atoms with Gasteiger partial charge in [-0.15, -0.1) is 0 Å². The fourth-order valence-electron chi connectivity index (χ4n) is 3.85. The van der Waals surface area contributed by atoms with Gasteiger partial charge in [0, 0.05) is 24.9 Å². The molecule has 3 fully saturated rings. The smallest absolute Gasteiger partial charge is 0.315 e. The van der Waals surface area contributed by atoms with E-state index in [0.717, 1.165) is 38.2 Å². The van der Waals surface area contributed by atoms with E-state index in [1.807, 2.05) is 11.8 Å². The van der Waals surface area contributed by atoms with E-state index in [0.29, 0.717) is 5.41 Å². The molecule has 0 aromatic carbocycles. The molecule has 0 unspecified atom stereocenters. The van der Waals surface area contributed by atoms with Gasteiger partial charge in [-0.1, -0.05) is 13.3 Å². The Morgan fingerprint density at radius 3 is 2.86 bits per heavy atom. The van der Waals surface area contributed by atoms with Crippen LogP contribution in [0.1, 0.15) is 51.9 Å². The molecular formula is C16H28N2O2S. The van der Waals surface area contributed by atoms with Crippen LogP contribution in [0.15, 0.2) is 0 Å². The maximum atomic E-state index is 12.1. The summed E-state index contributed by atoms with van der Waals surface area (Å²) in [5.74, 6) is 2.28. The third-order valence-corrected chi connectivity index (χ3v) is 6.91. The summed E-state index contributed by atoms with van der Waals surface area (Å²) in [6.07, 6.45) is 8.08. The minimum absolute atomic E-state index is 0.0161. The van der Waals surface area contributed by atoms with Crippen LogP contribution >= 0.6 is 11.8 Å². The fraction of sp³-hybridized carbons (Fsp3) is 0.938. The van der Waals surface area contributed by atoms with Gasteiger partial charge in [-0.3, -0.25) is 0 Å². The Morgan fingerprint density at radius 1 is 1.38 bits per heavy atom. The van der Waals surface area contributed by atoms with E-state index in [1.54, 1.807) is 0 Å². The molecule has 2 aliphatic heterocycles. The fourth-order valence-corrected chi connectivity index (χ4v) is 5.23. The first kappa shape index (κ1) is 15.5. The second kappa shape index (κ2) is 6.37. The normalized spacial score (nSPS) is 34.4. The highest BCUT2D eigenvalue weighted by atomic mass is 32.2. The predicted octanol–water partition coefficient (Wildman–Crippen LogP) is 2.92. The third kappa shape index (κ3) is 3.50. The van der Waals surface area contributed by atoms with E-state index < -0.39 is 0 Å². The molecule has 4 nitrogen and oxygen atoms in total. The zero-order chi connectivity index (χ0) is 14.8. The van der Waals surface area contributed by atoms with Gasteiger partial charge in [0.1, 0.15) is 0 Å². The van der Waals surface area contributed by atoms with Gasteiger partial charge >= 0.3 is 6.03 Å². The lowest BCUT2D eigenvalue weighted by Gasteiger charge is -2.42. The number of nitrogens with one attached hydrogen (secondary N) is 2. The van der Waals surface area contributed by atoms with Gasteiger partial charge in [0.25, 0.3) is 0 Å². The average molecular weight is 312 g/mol. The largest absolute Gasteiger partial charge is 0.374 e. The maximum Gasteiger partial charge on any atom is 0.315 e. The van der Waals surface area contributed by atoms with Gasteiger partial charge < -0.3 is 15.4 Å². The van der Waals surface area contributed by atoms with E-state index in [-0.39, 0.29) is 17.7 Å². The van der Waals surface area contributed by atoms with Crippen LogP contribution in [0.5, 0.6) is 0 Å². The molecule has 2 N–H and O–H groups in total. The zero-order valence-electron chi connectivity index (χ0n) is 13.1. The van der Waals surface area contributed by atoms with Crippen LogP contribution in [0, 0.1) is 5.41 Å². The standard InChI is InChI=1S/C16H28N2O2S/c1-2-15(5-3-6-15)11-17-14(19)18-13-4-8-20-16(10-13)7-9-21-12-16/h13H,2-12H2,1H3,(H2,17,18,19)/t13-,16-/m1/s1. The molecule has 1 aliphatic carbocycles. The summed E-state index contributed by atoms with van der Waals surface area (Å²) in [5.41, 5.74) is 0.426. The molecule has 0 radical (unpaired) electrons. The zero-order valence-corrected chi connectivity index (χ0v) is 13.9. The Bertz CT molecular complexity index is 373. The highest BCUT2D eigenvalue weighted by Gasteiger charge is 2.41. The summed E-state index contributed by atoms with van der Waals surface area (Å²) in [6, 6.07) is 0.291. The highest BCUT2D eigenvalue weighted by Crippen LogP contribution is 2.43.